The van der Waals surface area contributed by atoms with Crippen molar-refractivity contribution in [2.75, 3.05) is 6.54 Å². The summed E-state index contributed by atoms with van der Waals surface area (Å²) in [6, 6.07) is 1.75. The molecule has 2 aromatic rings. The molecule has 14 heavy (non-hydrogen) atoms. The van der Waals surface area contributed by atoms with Crippen molar-refractivity contribution in [3.63, 3.8) is 0 Å². The van der Waals surface area contributed by atoms with Gasteiger partial charge in [0.05, 0.1) is 0 Å². The number of nitrogens with two attached hydrogens (primary N) is 1. The molecule has 72 valence electrons. The predicted molar refractivity (Wildman–Crippen MR) is 50.2 cm³/mol. The van der Waals surface area contributed by atoms with E-state index in [9.17, 15) is 0 Å². The van der Waals surface area contributed by atoms with Crippen molar-refractivity contribution >= 4 is 0 Å². The molecule has 0 fully saturated rings. The van der Waals surface area contributed by atoms with Gasteiger partial charge >= 0.3 is 0 Å². The molecule has 0 bridgehead atoms. The highest BCUT2D eigenvalue weighted by molar-refractivity contribution is 5.40. The van der Waals surface area contributed by atoms with Gasteiger partial charge in [0, 0.05) is 18.8 Å². The van der Waals surface area contributed by atoms with E-state index in [0.717, 1.165) is 5.82 Å². The summed E-state index contributed by atoms with van der Waals surface area (Å²) in [4.78, 5) is 12.3. The highest BCUT2D eigenvalue weighted by Gasteiger charge is 2.06. The fourth-order valence-corrected chi connectivity index (χ4v) is 1.06. The summed E-state index contributed by atoms with van der Waals surface area (Å²) in [6.07, 6.45) is 3.99. The molecule has 2 rings (SSSR count). The third kappa shape index (κ3) is 1.74. The summed E-state index contributed by atoms with van der Waals surface area (Å²) in [7, 11) is 0. The van der Waals surface area contributed by atoms with E-state index in [2.05, 4.69) is 25.1 Å². The number of nitrogens with one attached hydrogen (secondary N) is 1. The van der Waals surface area contributed by atoms with Gasteiger partial charge in [-0.3, -0.25) is 5.10 Å². The van der Waals surface area contributed by atoms with Gasteiger partial charge in [-0.2, -0.15) is 0 Å². The summed E-state index contributed by atoms with van der Waals surface area (Å²) in [5.74, 6) is 1.79. The van der Waals surface area contributed by atoms with Crippen LogP contribution in [-0.2, 0) is 6.42 Å². The van der Waals surface area contributed by atoms with Crippen molar-refractivity contribution in [1.82, 2.24) is 25.1 Å². The summed E-state index contributed by atoms with van der Waals surface area (Å²) in [6.45, 7) is 0.546. The van der Waals surface area contributed by atoms with Gasteiger partial charge in [0.2, 0.25) is 5.82 Å². The summed E-state index contributed by atoms with van der Waals surface area (Å²) >= 11 is 0. The van der Waals surface area contributed by atoms with E-state index in [0.29, 0.717) is 24.6 Å². The number of aromatic nitrogens is 5. The minimum atomic E-state index is 0.508. The average Bonchev–Trinajstić information content (AvgIpc) is 2.68. The minimum Gasteiger partial charge on any atom is -0.330 e. The summed E-state index contributed by atoms with van der Waals surface area (Å²) in [5.41, 5.74) is 5.39. The molecule has 0 saturated heterocycles. The molecule has 0 aliphatic rings. The van der Waals surface area contributed by atoms with Crippen LogP contribution in [0.3, 0.4) is 0 Å². The first kappa shape index (κ1) is 8.76. The Morgan fingerprint density at radius 2 is 2.00 bits per heavy atom. The van der Waals surface area contributed by atoms with Crippen LogP contribution in [0.2, 0.25) is 0 Å². The third-order valence-corrected chi connectivity index (χ3v) is 1.68. The first-order chi connectivity index (χ1) is 6.90. The maximum atomic E-state index is 5.39. The van der Waals surface area contributed by atoms with Gasteiger partial charge in [-0.05, 0) is 12.6 Å². The van der Waals surface area contributed by atoms with Crippen LogP contribution in [0.15, 0.2) is 18.5 Å². The van der Waals surface area contributed by atoms with Crippen molar-refractivity contribution in [3.8, 4) is 11.6 Å². The molecule has 0 saturated carbocycles. The molecule has 0 unspecified atom stereocenters. The molecule has 2 heterocycles. The van der Waals surface area contributed by atoms with E-state index in [-0.39, 0.29) is 0 Å². The highest BCUT2D eigenvalue weighted by atomic mass is 15.2. The van der Waals surface area contributed by atoms with E-state index >= 15 is 0 Å². The minimum absolute atomic E-state index is 0.508. The highest BCUT2D eigenvalue weighted by Crippen LogP contribution is 2.06. The van der Waals surface area contributed by atoms with Crippen molar-refractivity contribution in [2.24, 2.45) is 5.73 Å². The zero-order valence-corrected chi connectivity index (χ0v) is 7.51. The molecular weight excluding hydrogens is 180 g/mol. The van der Waals surface area contributed by atoms with Crippen LogP contribution in [0.5, 0.6) is 0 Å². The van der Waals surface area contributed by atoms with Crippen molar-refractivity contribution in [2.45, 2.75) is 6.42 Å². The lowest BCUT2D eigenvalue weighted by molar-refractivity contribution is 0.874. The van der Waals surface area contributed by atoms with Gasteiger partial charge in [0.15, 0.2) is 5.82 Å². The van der Waals surface area contributed by atoms with Gasteiger partial charge in [-0.15, -0.1) is 5.10 Å². The molecule has 0 aliphatic heterocycles. The van der Waals surface area contributed by atoms with Gasteiger partial charge in [0.1, 0.15) is 5.82 Å². The average molecular weight is 190 g/mol. The van der Waals surface area contributed by atoms with Crippen LogP contribution >= 0.6 is 0 Å². The van der Waals surface area contributed by atoms with Crippen LogP contribution < -0.4 is 5.73 Å². The lowest BCUT2D eigenvalue weighted by atomic mass is 10.4. The maximum Gasteiger partial charge on any atom is 0.218 e. The van der Waals surface area contributed by atoms with E-state index in [1.54, 1.807) is 18.5 Å². The SMILES string of the molecule is NCCc1nc(-c2ncccn2)n[nH]1. The number of nitrogens with zero attached hydrogens (tertiary/aromatic N) is 4. The zero-order valence-electron chi connectivity index (χ0n) is 7.51. The van der Waals surface area contributed by atoms with Gasteiger partial charge in [-0.1, -0.05) is 0 Å². The second-order valence-electron chi connectivity index (χ2n) is 2.72. The van der Waals surface area contributed by atoms with E-state index < -0.39 is 0 Å². The normalized spacial score (nSPS) is 10.4. The van der Waals surface area contributed by atoms with Crippen LogP contribution in [0.4, 0.5) is 0 Å². The lowest BCUT2D eigenvalue weighted by Crippen LogP contribution is -2.03. The van der Waals surface area contributed by atoms with Gasteiger partial charge in [0.25, 0.3) is 0 Å². The first-order valence-electron chi connectivity index (χ1n) is 4.29. The number of aromatic amines is 1. The van der Waals surface area contributed by atoms with Crippen LogP contribution in [-0.4, -0.2) is 31.7 Å². The molecule has 3 N–H and O–H groups in total. The number of rotatable bonds is 3. The van der Waals surface area contributed by atoms with Crippen LogP contribution in [0.25, 0.3) is 11.6 Å². The molecule has 0 aromatic carbocycles. The first-order valence-corrected chi connectivity index (χ1v) is 4.29. The fraction of sp³-hybridized carbons (Fsp3) is 0.250. The summed E-state index contributed by atoms with van der Waals surface area (Å²) in [5, 5.41) is 6.77. The van der Waals surface area contributed by atoms with Gasteiger partial charge < -0.3 is 5.73 Å². The molecule has 6 nitrogen and oxygen atoms in total. The maximum absolute atomic E-state index is 5.39. The van der Waals surface area contributed by atoms with E-state index in [1.165, 1.54) is 0 Å². The Balaban J connectivity index is 2.25. The fourth-order valence-electron chi connectivity index (χ4n) is 1.06. The molecule has 6 heteroatoms. The lowest BCUT2D eigenvalue weighted by Gasteiger charge is -1.89. The van der Waals surface area contributed by atoms with E-state index in [1.807, 2.05) is 0 Å². The quantitative estimate of drug-likeness (QED) is 0.696. The standard InChI is InChI=1S/C8H10N6/c9-3-2-6-12-8(14-13-6)7-10-4-1-5-11-7/h1,4-5H,2-3,9H2,(H,12,13,14). The predicted octanol–water partition coefficient (Wildman–Crippen LogP) is -0.237. The zero-order chi connectivity index (χ0) is 9.80. The Bertz CT molecular complexity index is 395. The monoisotopic (exact) mass is 190 g/mol. The van der Waals surface area contributed by atoms with Crippen molar-refractivity contribution in [1.29, 1.82) is 0 Å². The topological polar surface area (TPSA) is 93.4 Å². The van der Waals surface area contributed by atoms with Crippen molar-refractivity contribution < 1.29 is 0 Å². The van der Waals surface area contributed by atoms with Gasteiger partial charge in [-0.25, -0.2) is 15.0 Å². The molecule has 0 spiro atoms. The Morgan fingerprint density at radius 1 is 1.21 bits per heavy atom. The third-order valence-electron chi connectivity index (χ3n) is 1.68. The van der Waals surface area contributed by atoms with Crippen LogP contribution in [0, 0.1) is 0 Å². The Labute approximate surface area is 80.6 Å². The van der Waals surface area contributed by atoms with E-state index in [4.69, 9.17) is 5.73 Å². The molecule has 0 radical (unpaired) electrons. The summed E-state index contributed by atoms with van der Waals surface area (Å²) < 4.78 is 0. The molecular formula is C8H10N6. The number of hydrogen-bond donors (Lipinski definition) is 2. The smallest absolute Gasteiger partial charge is 0.218 e. The molecule has 0 amide bonds. The Hall–Kier alpha value is -1.82. The molecule has 0 aliphatic carbocycles. The molecule has 0 atom stereocenters. The number of hydrogen-bond acceptors (Lipinski definition) is 5. The van der Waals surface area contributed by atoms with Crippen molar-refractivity contribution in [3.05, 3.63) is 24.3 Å². The van der Waals surface area contributed by atoms with Crippen LogP contribution in [0.1, 0.15) is 5.82 Å². The second-order valence-corrected chi connectivity index (χ2v) is 2.72. The molecule has 2 aromatic heterocycles. The Kier molecular flexibility index (Phi) is 2.46. The number of H-pyrrole nitrogens is 1. The second kappa shape index (κ2) is 3.93. The Morgan fingerprint density at radius 3 is 2.71 bits per heavy atom. The largest absolute Gasteiger partial charge is 0.330 e.